The molecule has 0 aliphatic rings. The molecule has 0 amide bonds. The summed E-state index contributed by atoms with van der Waals surface area (Å²) in [5.41, 5.74) is 1.22. The number of nitrogens with one attached hydrogen (secondary N) is 1. The number of benzene rings is 1. The first-order chi connectivity index (χ1) is 8.74. The van der Waals surface area contributed by atoms with Gasteiger partial charge in [-0.3, -0.25) is 0 Å². The Morgan fingerprint density at radius 1 is 1.17 bits per heavy atom. The van der Waals surface area contributed by atoms with Gasteiger partial charge in [0.1, 0.15) is 11.5 Å². The Bertz CT molecular complexity index is 335. The third-order valence-electron chi connectivity index (χ3n) is 2.75. The molecule has 0 fully saturated rings. The Morgan fingerprint density at radius 3 is 2.22 bits per heavy atom. The molecule has 3 nitrogen and oxygen atoms in total. The zero-order chi connectivity index (χ0) is 13.4. The molecule has 0 aliphatic carbocycles. The molecule has 1 rings (SSSR count). The zero-order valence-electron chi connectivity index (χ0n) is 11.7. The van der Waals surface area contributed by atoms with Crippen molar-refractivity contribution < 1.29 is 9.47 Å². The number of thioether (sulfide) groups is 1. The lowest BCUT2D eigenvalue weighted by molar-refractivity contribution is 0.392. The van der Waals surface area contributed by atoms with Gasteiger partial charge in [-0.2, -0.15) is 11.8 Å². The van der Waals surface area contributed by atoms with Gasteiger partial charge in [-0.1, -0.05) is 6.92 Å². The maximum absolute atomic E-state index is 5.32. The van der Waals surface area contributed by atoms with E-state index in [9.17, 15) is 0 Å². The third kappa shape index (κ3) is 4.42. The van der Waals surface area contributed by atoms with Crippen LogP contribution < -0.4 is 14.8 Å². The van der Waals surface area contributed by atoms with Crippen LogP contribution >= 0.6 is 11.8 Å². The van der Waals surface area contributed by atoms with Crippen molar-refractivity contribution in [2.45, 2.75) is 19.4 Å². The van der Waals surface area contributed by atoms with E-state index >= 15 is 0 Å². The fourth-order valence-corrected chi connectivity index (χ4v) is 2.43. The minimum Gasteiger partial charge on any atom is -0.497 e. The van der Waals surface area contributed by atoms with Crippen LogP contribution in [0.5, 0.6) is 11.5 Å². The van der Waals surface area contributed by atoms with Crippen LogP contribution in [0.4, 0.5) is 0 Å². The van der Waals surface area contributed by atoms with Crippen molar-refractivity contribution in [2.24, 2.45) is 0 Å². The van der Waals surface area contributed by atoms with Crippen LogP contribution in [0.1, 0.15) is 24.9 Å². The number of methoxy groups -OCH3 is 2. The van der Waals surface area contributed by atoms with Gasteiger partial charge in [-0.05, 0) is 36.9 Å². The van der Waals surface area contributed by atoms with Crippen molar-refractivity contribution in [2.75, 3.05) is 32.8 Å². The molecule has 0 saturated heterocycles. The number of rotatable bonds is 8. The fraction of sp³-hybridized carbons (Fsp3) is 0.571. The SMILES string of the molecule is CCCNC(CSC)c1cc(OC)cc(OC)c1. The van der Waals surface area contributed by atoms with Crippen LogP contribution in [0.3, 0.4) is 0 Å². The molecule has 1 unspecified atom stereocenters. The summed E-state index contributed by atoms with van der Waals surface area (Å²) in [6.07, 6.45) is 3.25. The fourth-order valence-electron chi connectivity index (χ4n) is 1.79. The maximum atomic E-state index is 5.32. The topological polar surface area (TPSA) is 30.5 Å². The van der Waals surface area contributed by atoms with E-state index in [1.165, 1.54) is 5.56 Å². The first-order valence-electron chi connectivity index (χ1n) is 6.20. The lowest BCUT2D eigenvalue weighted by atomic mass is 10.1. The third-order valence-corrected chi connectivity index (χ3v) is 3.42. The summed E-state index contributed by atoms with van der Waals surface area (Å²) in [4.78, 5) is 0. The summed E-state index contributed by atoms with van der Waals surface area (Å²) in [5, 5.41) is 3.56. The van der Waals surface area contributed by atoms with Crippen molar-refractivity contribution >= 4 is 11.8 Å². The average molecular weight is 269 g/mol. The number of ether oxygens (including phenoxy) is 2. The van der Waals surface area contributed by atoms with Crippen molar-refractivity contribution in [3.05, 3.63) is 23.8 Å². The molecule has 0 aromatic heterocycles. The lowest BCUT2D eigenvalue weighted by Crippen LogP contribution is -2.24. The molecular formula is C14H23NO2S. The monoisotopic (exact) mass is 269 g/mol. The van der Waals surface area contributed by atoms with Crippen LogP contribution in [-0.4, -0.2) is 32.8 Å². The maximum Gasteiger partial charge on any atom is 0.122 e. The van der Waals surface area contributed by atoms with E-state index < -0.39 is 0 Å². The summed E-state index contributed by atoms with van der Waals surface area (Å²) in [5.74, 6) is 2.72. The largest absolute Gasteiger partial charge is 0.497 e. The van der Waals surface area contributed by atoms with Crippen molar-refractivity contribution in [3.8, 4) is 11.5 Å². The van der Waals surface area contributed by atoms with Gasteiger partial charge in [0.2, 0.25) is 0 Å². The van der Waals surface area contributed by atoms with E-state index in [2.05, 4.69) is 30.6 Å². The predicted octanol–water partition coefficient (Wildman–Crippen LogP) is 3.11. The summed E-state index contributed by atoms with van der Waals surface area (Å²) in [7, 11) is 3.36. The highest BCUT2D eigenvalue weighted by molar-refractivity contribution is 7.98. The highest BCUT2D eigenvalue weighted by Gasteiger charge is 2.12. The van der Waals surface area contributed by atoms with Crippen LogP contribution in [0.2, 0.25) is 0 Å². The quantitative estimate of drug-likeness (QED) is 0.785. The normalized spacial score (nSPS) is 12.2. The predicted molar refractivity (Wildman–Crippen MR) is 79.0 cm³/mol. The number of hydrogen-bond donors (Lipinski definition) is 1. The number of hydrogen-bond acceptors (Lipinski definition) is 4. The first-order valence-corrected chi connectivity index (χ1v) is 7.59. The van der Waals surface area contributed by atoms with Gasteiger partial charge in [0.25, 0.3) is 0 Å². The molecule has 0 heterocycles. The zero-order valence-corrected chi connectivity index (χ0v) is 12.5. The second kappa shape index (κ2) is 8.27. The van der Waals surface area contributed by atoms with Crippen molar-refractivity contribution in [1.29, 1.82) is 0 Å². The molecule has 102 valence electrons. The van der Waals surface area contributed by atoms with E-state index in [0.29, 0.717) is 6.04 Å². The molecule has 18 heavy (non-hydrogen) atoms. The molecule has 0 radical (unpaired) electrons. The van der Waals surface area contributed by atoms with Gasteiger partial charge in [0.15, 0.2) is 0 Å². The van der Waals surface area contributed by atoms with E-state index in [1.807, 2.05) is 17.8 Å². The molecule has 1 atom stereocenters. The minimum atomic E-state index is 0.337. The Morgan fingerprint density at radius 2 is 1.78 bits per heavy atom. The van der Waals surface area contributed by atoms with Crippen LogP contribution in [0.25, 0.3) is 0 Å². The molecule has 0 bridgehead atoms. The van der Waals surface area contributed by atoms with Gasteiger partial charge < -0.3 is 14.8 Å². The Balaban J connectivity index is 2.93. The van der Waals surface area contributed by atoms with Crippen LogP contribution in [0.15, 0.2) is 18.2 Å². The molecule has 0 spiro atoms. The Hall–Kier alpha value is -0.870. The van der Waals surface area contributed by atoms with Crippen molar-refractivity contribution in [1.82, 2.24) is 5.32 Å². The average Bonchev–Trinajstić information content (AvgIpc) is 2.42. The van der Waals surface area contributed by atoms with E-state index in [4.69, 9.17) is 9.47 Å². The molecule has 1 N–H and O–H groups in total. The standard InChI is InChI=1S/C14H23NO2S/c1-5-6-15-14(10-18-4)11-7-12(16-2)9-13(8-11)17-3/h7-9,14-15H,5-6,10H2,1-4H3. The van der Waals surface area contributed by atoms with E-state index in [0.717, 1.165) is 30.2 Å². The molecule has 0 saturated carbocycles. The summed E-state index contributed by atoms with van der Waals surface area (Å²) < 4.78 is 10.6. The van der Waals surface area contributed by atoms with Crippen LogP contribution in [-0.2, 0) is 0 Å². The van der Waals surface area contributed by atoms with Gasteiger partial charge in [-0.25, -0.2) is 0 Å². The van der Waals surface area contributed by atoms with E-state index in [-0.39, 0.29) is 0 Å². The first kappa shape index (κ1) is 15.2. The van der Waals surface area contributed by atoms with Gasteiger partial charge in [-0.15, -0.1) is 0 Å². The smallest absolute Gasteiger partial charge is 0.122 e. The van der Waals surface area contributed by atoms with Crippen LogP contribution in [0, 0.1) is 0 Å². The second-order valence-electron chi connectivity index (χ2n) is 4.11. The molecular weight excluding hydrogens is 246 g/mol. The minimum absolute atomic E-state index is 0.337. The molecule has 1 aromatic carbocycles. The Labute approximate surface area is 114 Å². The Kier molecular flexibility index (Phi) is 6.98. The summed E-state index contributed by atoms with van der Waals surface area (Å²) >= 11 is 1.84. The summed E-state index contributed by atoms with van der Waals surface area (Å²) in [6.45, 7) is 3.19. The molecule has 4 heteroatoms. The molecule has 0 aliphatic heterocycles. The molecule has 1 aromatic rings. The van der Waals surface area contributed by atoms with Gasteiger partial charge >= 0.3 is 0 Å². The van der Waals surface area contributed by atoms with E-state index in [1.54, 1.807) is 14.2 Å². The van der Waals surface area contributed by atoms with Crippen molar-refractivity contribution in [3.63, 3.8) is 0 Å². The summed E-state index contributed by atoms with van der Waals surface area (Å²) in [6, 6.07) is 6.39. The highest BCUT2D eigenvalue weighted by atomic mass is 32.2. The highest BCUT2D eigenvalue weighted by Crippen LogP contribution is 2.27. The lowest BCUT2D eigenvalue weighted by Gasteiger charge is -2.19. The van der Waals surface area contributed by atoms with Gasteiger partial charge in [0.05, 0.1) is 14.2 Å². The second-order valence-corrected chi connectivity index (χ2v) is 5.02. The van der Waals surface area contributed by atoms with Gasteiger partial charge in [0, 0.05) is 17.9 Å².